The third kappa shape index (κ3) is 2.25. The fourth-order valence-corrected chi connectivity index (χ4v) is 3.55. The zero-order valence-corrected chi connectivity index (χ0v) is 12.5. The summed E-state index contributed by atoms with van der Waals surface area (Å²) in [7, 11) is 0. The van der Waals surface area contributed by atoms with Gasteiger partial charge in [0.05, 0.1) is 0 Å². The highest BCUT2D eigenvalue weighted by Crippen LogP contribution is 2.36. The van der Waals surface area contributed by atoms with Crippen molar-refractivity contribution in [2.45, 2.75) is 26.2 Å². The van der Waals surface area contributed by atoms with Gasteiger partial charge >= 0.3 is 0 Å². The van der Waals surface area contributed by atoms with E-state index >= 15 is 0 Å². The molecule has 0 saturated heterocycles. The van der Waals surface area contributed by atoms with Crippen molar-refractivity contribution >= 4 is 11.6 Å². The first-order valence-electron chi connectivity index (χ1n) is 7.89. The first-order valence-corrected chi connectivity index (χ1v) is 7.89. The van der Waals surface area contributed by atoms with Crippen molar-refractivity contribution in [3.05, 3.63) is 82.4 Å². The second kappa shape index (κ2) is 5.04. The molecule has 1 unspecified atom stereocenters. The Morgan fingerprint density at radius 3 is 2.86 bits per heavy atom. The van der Waals surface area contributed by atoms with Crippen LogP contribution in [0.15, 0.2) is 54.6 Å². The van der Waals surface area contributed by atoms with E-state index in [1.54, 1.807) is 0 Å². The van der Waals surface area contributed by atoms with Gasteiger partial charge in [-0.1, -0.05) is 66.3 Å². The highest BCUT2D eigenvalue weighted by molar-refractivity contribution is 5.86. The van der Waals surface area contributed by atoms with Gasteiger partial charge in [-0.25, -0.2) is 0 Å². The zero-order valence-electron chi connectivity index (χ0n) is 12.5. The highest BCUT2D eigenvalue weighted by atomic mass is 14.2. The largest absolute Gasteiger partial charge is 0.0805 e. The maximum atomic E-state index is 2.46. The van der Waals surface area contributed by atoms with Crippen LogP contribution in [0, 0.1) is 12.8 Å². The van der Waals surface area contributed by atoms with E-state index in [4.69, 9.17) is 0 Å². The predicted molar refractivity (Wildman–Crippen MR) is 90.2 cm³/mol. The SMILES string of the molecule is Cc1ccc2c(c1)C1=CCC(C=Cc3ccccc31)CC2. The molecule has 0 radical (unpaired) electrons. The van der Waals surface area contributed by atoms with Crippen molar-refractivity contribution in [1.82, 2.24) is 0 Å². The summed E-state index contributed by atoms with van der Waals surface area (Å²) in [5.74, 6) is 0.669. The highest BCUT2D eigenvalue weighted by Gasteiger charge is 2.19. The van der Waals surface area contributed by atoms with Crippen LogP contribution in [0.25, 0.3) is 11.6 Å². The van der Waals surface area contributed by atoms with E-state index in [-0.39, 0.29) is 0 Å². The van der Waals surface area contributed by atoms with Crippen molar-refractivity contribution in [2.24, 2.45) is 5.92 Å². The lowest BCUT2D eigenvalue weighted by Crippen LogP contribution is -2.08. The Kier molecular flexibility index (Phi) is 3.03. The number of aryl methyl sites for hydroxylation is 2. The summed E-state index contributed by atoms with van der Waals surface area (Å²) in [6.45, 7) is 2.19. The smallest absolute Gasteiger partial charge is 0.0109 e. The van der Waals surface area contributed by atoms with Crippen molar-refractivity contribution in [2.75, 3.05) is 0 Å². The molecule has 4 rings (SSSR count). The van der Waals surface area contributed by atoms with Crippen LogP contribution in [0.3, 0.4) is 0 Å². The van der Waals surface area contributed by atoms with Crippen LogP contribution in [0.2, 0.25) is 0 Å². The monoisotopic (exact) mass is 272 g/mol. The van der Waals surface area contributed by atoms with Gasteiger partial charge in [0.15, 0.2) is 0 Å². The molecule has 0 heteroatoms. The Hall–Kier alpha value is -2.08. The maximum Gasteiger partial charge on any atom is -0.0109 e. The number of benzene rings is 2. The van der Waals surface area contributed by atoms with Crippen molar-refractivity contribution in [1.29, 1.82) is 0 Å². The molecule has 0 heterocycles. The summed E-state index contributed by atoms with van der Waals surface area (Å²) in [4.78, 5) is 0. The topological polar surface area (TPSA) is 0 Å². The van der Waals surface area contributed by atoms with Crippen LogP contribution in [0.4, 0.5) is 0 Å². The van der Waals surface area contributed by atoms with E-state index in [0.717, 1.165) is 6.42 Å². The molecule has 104 valence electrons. The fourth-order valence-electron chi connectivity index (χ4n) is 3.55. The molecule has 2 aromatic rings. The molecule has 2 aromatic carbocycles. The quantitative estimate of drug-likeness (QED) is 0.602. The number of hydrogen-bond acceptors (Lipinski definition) is 0. The Morgan fingerprint density at radius 2 is 1.90 bits per heavy atom. The number of allylic oxidation sites excluding steroid dienone is 2. The molecule has 0 spiro atoms. The molecule has 2 aliphatic carbocycles. The first-order chi connectivity index (χ1) is 10.3. The number of fused-ring (bicyclic) bond motifs is 6. The lowest BCUT2D eigenvalue weighted by molar-refractivity contribution is 0.597. The van der Waals surface area contributed by atoms with E-state index in [2.05, 4.69) is 67.6 Å². The molecule has 0 saturated carbocycles. The Labute approximate surface area is 126 Å². The lowest BCUT2D eigenvalue weighted by Gasteiger charge is -2.24. The number of rotatable bonds is 0. The van der Waals surface area contributed by atoms with Crippen molar-refractivity contribution in [3.8, 4) is 0 Å². The van der Waals surface area contributed by atoms with Gasteiger partial charge in [0, 0.05) is 0 Å². The minimum absolute atomic E-state index is 0.669. The molecule has 2 bridgehead atoms. The molecule has 0 aliphatic heterocycles. The van der Waals surface area contributed by atoms with E-state index in [9.17, 15) is 0 Å². The van der Waals surface area contributed by atoms with Gasteiger partial charge in [-0.15, -0.1) is 0 Å². The molecule has 0 amide bonds. The molecule has 0 N–H and O–H groups in total. The Bertz CT molecular complexity index is 746. The van der Waals surface area contributed by atoms with Gasteiger partial charge < -0.3 is 0 Å². The first kappa shape index (κ1) is 12.6. The summed E-state index contributed by atoms with van der Waals surface area (Å²) < 4.78 is 0. The third-order valence-corrected chi connectivity index (χ3v) is 4.76. The van der Waals surface area contributed by atoms with Gasteiger partial charge in [0.2, 0.25) is 0 Å². The van der Waals surface area contributed by atoms with Crippen LogP contribution >= 0.6 is 0 Å². The van der Waals surface area contributed by atoms with Crippen molar-refractivity contribution < 1.29 is 0 Å². The van der Waals surface area contributed by atoms with Gasteiger partial charge in [-0.2, -0.15) is 0 Å². The van der Waals surface area contributed by atoms with Crippen molar-refractivity contribution in [3.63, 3.8) is 0 Å². The summed E-state index contributed by atoms with van der Waals surface area (Å²) in [6, 6.07) is 15.7. The van der Waals surface area contributed by atoms with Crippen LogP contribution < -0.4 is 0 Å². The fraction of sp³-hybridized carbons (Fsp3) is 0.238. The third-order valence-electron chi connectivity index (χ3n) is 4.76. The van der Waals surface area contributed by atoms with Gasteiger partial charge in [-0.3, -0.25) is 0 Å². The molecule has 0 aromatic heterocycles. The van der Waals surface area contributed by atoms with Crippen LogP contribution in [0.5, 0.6) is 0 Å². The second-order valence-electron chi connectivity index (χ2n) is 6.26. The normalized spacial score (nSPS) is 19.7. The van der Waals surface area contributed by atoms with Gasteiger partial charge in [0.25, 0.3) is 0 Å². The average Bonchev–Trinajstić information content (AvgIpc) is 2.47. The standard InChI is InChI=1S/C21H20/c1-15-6-10-18-12-8-16-7-11-17-4-2-3-5-19(17)20(13-9-16)21(18)14-15/h2-7,10-11,13-14,16H,8-9,12H2,1H3. The zero-order chi connectivity index (χ0) is 14.2. The average molecular weight is 272 g/mol. The van der Waals surface area contributed by atoms with E-state index in [1.807, 2.05) is 0 Å². The van der Waals surface area contributed by atoms with Gasteiger partial charge in [-0.05, 0) is 59.9 Å². The maximum absolute atomic E-state index is 2.46. The predicted octanol–water partition coefficient (Wildman–Crippen LogP) is 5.41. The minimum Gasteiger partial charge on any atom is -0.0805 e. The minimum atomic E-state index is 0.669. The van der Waals surface area contributed by atoms with E-state index in [0.29, 0.717) is 5.92 Å². The second-order valence-corrected chi connectivity index (χ2v) is 6.26. The molecule has 0 fully saturated rings. The molecular weight excluding hydrogens is 252 g/mol. The lowest BCUT2D eigenvalue weighted by atomic mass is 9.81. The Morgan fingerprint density at radius 1 is 1.00 bits per heavy atom. The Balaban J connectivity index is 2.00. The summed E-state index contributed by atoms with van der Waals surface area (Å²) >= 11 is 0. The van der Waals surface area contributed by atoms with Crippen LogP contribution in [0.1, 0.15) is 40.7 Å². The van der Waals surface area contributed by atoms with E-state index < -0.39 is 0 Å². The number of hydrogen-bond donors (Lipinski definition) is 0. The molecule has 1 atom stereocenters. The summed E-state index contributed by atoms with van der Waals surface area (Å²) in [5, 5.41) is 0. The summed E-state index contributed by atoms with van der Waals surface area (Å²) in [5.41, 5.74) is 8.45. The van der Waals surface area contributed by atoms with E-state index in [1.165, 1.54) is 46.2 Å². The molecule has 21 heavy (non-hydrogen) atoms. The molecule has 0 nitrogen and oxygen atoms in total. The van der Waals surface area contributed by atoms with Crippen LogP contribution in [-0.4, -0.2) is 0 Å². The molecule has 2 aliphatic rings. The molecular formula is C21H20. The summed E-state index contributed by atoms with van der Waals surface area (Å²) in [6.07, 6.45) is 10.8. The van der Waals surface area contributed by atoms with Gasteiger partial charge in [0.1, 0.15) is 0 Å². The van der Waals surface area contributed by atoms with Crippen LogP contribution in [-0.2, 0) is 6.42 Å².